The van der Waals surface area contributed by atoms with Gasteiger partial charge in [0.05, 0.1) is 18.5 Å². The number of hydrogen-bond acceptors (Lipinski definition) is 5. The van der Waals surface area contributed by atoms with Crippen LogP contribution in [0.25, 0.3) is 0 Å². The van der Waals surface area contributed by atoms with E-state index in [4.69, 9.17) is 4.74 Å². The summed E-state index contributed by atoms with van der Waals surface area (Å²) >= 11 is 0. The summed E-state index contributed by atoms with van der Waals surface area (Å²) in [5.41, 5.74) is 1.79. The molecule has 0 aliphatic carbocycles. The maximum atomic E-state index is 6.00. The minimum absolute atomic E-state index is 0.311. The van der Waals surface area contributed by atoms with Gasteiger partial charge in [-0.05, 0) is 6.92 Å². The van der Waals surface area contributed by atoms with Crippen molar-refractivity contribution in [1.82, 2.24) is 29.7 Å². The van der Waals surface area contributed by atoms with Crippen LogP contribution in [0.4, 0.5) is 0 Å². The summed E-state index contributed by atoms with van der Waals surface area (Å²) in [4.78, 5) is 2.35. The van der Waals surface area contributed by atoms with E-state index >= 15 is 0 Å². The van der Waals surface area contributed by atoms with Crippen LogP contribution in [0, 0.1) is 0 Å². The molecule has 1 aliphatic rings. The molecule has 3 rings (SSSR count). The molecule has 1 aliphatic heterocycles. The predicted molar refractivity (Wildman–Crippen MR) is 72.8 cm³/mol. The Kier molecular flexibility index (Phi) is 3.31. The number of rotatable bonds is 3. The standard InChI is InChI=1S/C13H20N6O/c1-13(11-6-14-17(2)7-11)10-19(4-5-20-13)9-12-8-18(3)16-15-12/h6-8H,4-5,9-10H2,1-3H3. The van der Waals surface area contributed by atoms with E-state index < -0.39 is 0 Å². The van der Waals surface area contributed by atoms with Crippen LogP contribution in [-0.2, 0) is 31.0 Å². The van der Waals surface area contributed by atoms with Crippen LogP contribution < -0.4 is 0 Å². The van der Waals surface area contributed by atoms with E-state index in [-0.39, 0.29) is 5.60 Å². The summed E-state index contributed by atoms with van der Waals surface area (Å²) in [6, 6.07) is 0. The fraction of sp³-hybridized carbons (Fsp3) is 0.615. The maximum Gasteiger partial charge on any atom is 0.106 e. The second-order valence-electron chi connectivity index (χ2n) is 5.58. The highest BCUT2D eigenvalue weighted by atomic mass is 16.5. The normalized spacial score (nSPS) is 24.1. The van der Waals surface area contributed by atoms with E-state index in [2.05, 4.69) is 27.2 Å². The summed E-state index contributed by atoms with van der Waals surface area (Å²) in [6.45, 7) is 5.37. The fourth-order valence-electron chi connectivity index (χ4n) is 2.65. The molecule has 1 fully saturated rings. The minimum Gasteiger partial charge on any atom is -0.368 e. The van der Waals surface area contributed by atoms with Gasteiger partial charge in [0.15, 0.2) is 0 Å². The predicted octanol–water partition coefficient (Wildman–Crippen LogP) is 0.296. The SMILES string of the molecule is Cn1cc(C2(C)CN(Cc3cn(C)nn3)CCO2)cn1. The van der Waals surface area contributed by atoms with Gasteiger partial charge >= 0.3 is 0 Å². The Balaban J connectivity index is 1.72. The van der Waals surface area contributed by atoms with Gasteiger partial charge < -0.3 is 4.74 Å². The monoisotopic (exact) mass is 276 g/mol. The van der Waals surface area contributed by atoms with Crippen LogP contribution >= 0.6 is 0 Å². The molecule has 0 N–H and O–H groups in total. The second kappa shape index (κ2) is 4.99. The average molecular weight is 276 g/mol. The van der Waals surface area contributed by atoms with Gasteiger partial charge in [0.25, 0.3) is 0 Å². The molecule has 20 heavy (non-hydrogen) atoms. The molecule has 7 nitrogen and oxygen atoms in total. The molecule has 3 heterocycles. The highest BCUT2D eigenvalue weighted by Gasteiger charge is 2.35. The van der Waals surface area contributed by atoms with Gasteiger partial charge in [-0.15, -0.1) is 5.10 Å². The zero-order valence-electron chi connectivity index (χ0n) is 12.2. The van der Waals surface area contributed by atoms with Gasteiger partial charge in [-0.25, -0.2) is 0 Å². The number of morpholine rings is 1. The van der Waals surface area contributed by atoms with Crippen LogP contribution in [0.1, 0.15) is 18.2 Å². The lowest BCUT2D eigenvalue weighted by Gasteiger charge is -2.39. The largest absolute Gasteiger partial charge is 0.368 e. The van der Waals surface area contributed by atoms with Crippen LogP contribution in [0.2, 0.25) is 0 Å². The number of aromatic nitrogens is 5. The van der Waals surface area contributed by atoms with Gasteiger partial charge in [-0.3, -0.25) is 14.3 Å². The zero-order valence-corrected chi connectivity index (χ0v) is 12.2. The van der Waals surface area contributed by atoms with E-state index in [1.54, 1.807) is 4.68 Å². The van der Waals surface area contributed by atoms with Crippen LogP contribution in [0.15, 0.2) is 18.6 Å². The summed E-state index contributed by atoms with van der Waals surface area (Å²) in [6.07, 6.45) is 5.86. The van der Waals surface area contributed by atoms with Crippen molar-refractivity contribution in [2.24, 2.45) is 14.1 Å². The molecular formula is C13H20N6O. The zero-order chi connectivity index (χ0) is 14.2. The molecule has 2 aromatic rings. The lowest BCUT2D eigenvalue weighted by atomic mass is 9.97. The number of aryl methyl sites for hydroxylation is 2. The third kappa shape index (κ3) is 2.59. The van der Waals surface area contributed by atoms with Gasteiger partial charge in [0.2, 0.25) is 0 Å². The van der Waals surface area contributed by atoms with Crippen LogP contribution in [-0.4, -0.2) is 49.4 Å². The smallest absolute Gasteiger partial charge is 0.106 e. The third-order valence-electron chi connectivity index (χ3n) is 3.70. The highest BCUT2D eigenvalue weighted by Crippen LogP contribution is 2.29. The van der Waals surface area contributed by atoms with Crippen LogP contribution in [0.3, 0.4) is 0 Å². The minimum atomic E-state index is -0.311. The van der Waals surface area contributed by atoms with Crippen molar-refractivity contribution >= 4 is 0 Å². The summed E-state index contributed by atoms with van der Waals surface area (Å²) < 4.78 is 9.55. The molecule has 0 spiro atoms. The van der Waals surface area contributed by atoms with Gasteiger partial charge in [-0.1, -0.05) is 5.21 Å². The van der Waals surface area contributed by atoms with E-state index in [9.17, 15) is 0 Å². The van der Waals surface area contributed by atoms with Crippen molar-refractivity contribution in [2.75, 3.05) is 19.7 Å². The van der Waals surface area contributed by atoms with Crippen molar-refractivity contribution in [3.05, 3.63) is 29.8 Å². The van der Waals surface area contributed by atoms with Crippen LogP contribution in [0.5, 0.6) is 0 Å². The summed E-state index contributed by atoms with van der Waals surface area (Å²) in [7, 11) is 3.81. The number of nitrogens with zero attached hydrogens (tertiary/aromatic N) is 6. The Morgan fingerprint density at radius 2 is 2.15 bits per heavy atom. The first kappa shape index (κ1) is 13.3. The fourth-order valence-corrected chi connectivity index (χ4v) is 2.65. The van der Waals surface area contributed by atoms with Crippen molar-refractivity contribution in [3.8, 4) is 0 Å². The number of hydrogen-bond donors (Lipinski definition) is 0. The van der Waals surface area contributed by atoms with E-state index in [0.29, 0.717) is 6.61 Å². The molecule has 0 amide bonds. The van der Waals surface area contributed by atoms with Gasteiger partial charge in [0.1, 0.15) is 5.60 Å². The lowest BCUT2D eigenvalue weighted by molar-refractivity contribution is -0.105. The molecule has 1 unspecified atom stereocenters. The first-order valence-electron chi connectivity index (χ1n) is 6.76. The molecular weight excluding hydrogens is 256 g/mol. The molecule has 0 bridgehead atoms. The average Bonchev–Trinajstić information content (AvgIpc) is 2.99. The first-order valence-corrected chi connectivity index (χ1v) is 6.76. The Morgan fingerprint density at radius 1 is 1.30 bits per heavy atom. The maximum absolute atomic E-state index is 6.00. The summed E-state index contributed by atoms with van der Waals surface area (Å²) in [5, 5.41) is 12.4. The Morgan fingerprint density at radius 3 is 2.80 bits per heavy atom. The molecule has 0 radical (unpaired) electrons. The first-order chi connectivity index (χ1) is 9.55. The molecule has 1 atom stereocenters. The second-order valence-corrected chi connectivity index (χ2v) is 5.58. The lowest BCUT2D eigenvalue weighted by Crippen LogP contribution is -2.47. The third-order valence-corrected chi connectivity index (χ3v) is 3.70. The quantitative estimate of drug-likeness (QED) is 0.806. The summed E-state index contributed by atoms with van der Waals surface area (Å²) in [5.74, 6) is 0. The molecule has 2 aromatic heterocycles. The highest BCUT2D eigenvalue weighted by molar-refractivity contribution is 5.16. The molecule has 7 heteroatoms. The van der Waals surface area contributed by atoms with Crippen molar-refractivity contribution in [1.29, 1.82) is 0 Å². The van der Waals surface area contributed by atoms with Gasteiger partial charge in [0, 0.05) is 51.7 Å². The molecule has 0 aromatic carbocycles. The Hall–Kier alpha value is -1.73. The van der Waals surface area contributed by atoms with E-state index in [0.717, 1.165) is 30.9 Å². The Labute approximate surface area is 118 Å². The van der Waals surface area contributed by atoms with Gasteiger partial charge in [-0.2, -0.15) is 5.10 Å². The molecule has 0 saturated carbocycles. The number of ether oxygens (including phenoxy) is 1. The van der Waals surface area contributed by atoms with E-state index in [1.165, 1.54) is 0 Å². The molecule has 108 valence electrons. The van der Waals surface area contributed by atoms with Crippen molar-refractivity contribution < 1.29 is 4.74 Å². The van der Waals surface area contributed by atoms with Crippen molar-refractivity contribution in [3.63, 3.8) is 0 Å². The Bertz CT molecular complexity index is 591. The topological polar surface area (TPSA) is 61.0 Å². The molecule has 1 saturated heterocycles. The van der Waals surface area contributed by atoms with E-state index in [1.807, 2.05) is 37.4 Å². The van der Waals surface area contributed by atoms with Crippen molar-refractivity contribution in [2.45, 2.75) is 19.1 Å².